The van der Waals surface area contributed by atoms with Crippen molar-refractivity contribution < 1.29 is 4.79 Å². The van der Waals surface area contributed by atoms with E-state index in [0.717, 1.165) is 0 Å². The Bertz CT molecular complexity index is 531. The van der Waals surface area contributed by atoms with Crippen LogP contribution >= 0.6 is 12.4 Å². The molecule has 0 atom stereocenters. The quantitative estimate of drug-likeness (QED) is 0.832. The summed E-state index contributed by atoms with van der Waals surface area (Å²) in [7, 11) is 0. The minimum Gasteiger partial charge on any atom is -0.318 e. The van der Waals surface area contributed by atoms with Gasteiger partial charge in [0.1, 0.15) is 5.82 Å². The summed E-state index contributed by atoms with van der Waals surface area (Å²) in [6.45, 7) is 3.29. The lowest BCUT2D eigenvalue weighted by atomic mass is 10.1. The van der Waals surface area contributed by atoms with Gasteiger partial charge in [0.05, 0.1) is 11.7 Å². The van der Waals surface area contributed by atoms with Gasteiger partial charge in [-0.25, -0.2) is 4.98 Å². The lowest BCUT2D eigenvalue weighted by Gasteiger charge is -2.17. The van der Waals surface area contributed by atoms with Crippen LogP contribution in [0.3, 0.4) is 0 Å². The van der Waals surface area contributed by atoms with Crippen molar-refractivity contribution in [2.75, 3.05) is 5.32 Å². The van der Waals surface area contributed by atoms with Crippen molar-refractivity contribution in [2.45, 2.75) is 19.4 Å². The molecule has 0 radical (unpaired) electrons. The van der Waals surface area contributed by atoms with Crippen LogP contribution in [-0.2, 0) is 4.79 Å². The Labute approximate surface area is 105 Å². The minimum absolute atomic E-state index is 0. The minimum atomic E-state index is -0.928. The number of amides is 1. The average molecular weight is 256 g/mol. The summed E-state index contributed by atoms with van der Waals surface area (Å²) in [5.41, 5.74) is 5.43. The van der Waals surface area contributed by atoms with Gasteiger partial charge in [0, 0.05) is 12.3 Å². The number of hydrogen-bond donors (Lipinski definition) is 2. The Hall–Kier alpha value is -1.66. The molecule has 0 aliphatic carbocycles. The molecule has 2 heterocycles. The highest BCUT2D eigenvalue weighted by Gasteiger charge is 2.22. The van der Waals surface area contributed by atoms with E-state index >= 15 is 0 Å². The molecule has 0 bridgehead atoms. The van der Waals surface area contributed by atoms with Crippen molar-refractivity contribution in [3.8, 4) is 0 Å². The summed E-state index contributed by atoms with van der Waals surface area (Å²) >= 11 is 0. The molecule has 3 N–H and O–H groups in total. The predicted molar refractivity (Wildman–Crippen MR) is 67.1 cm³/mol. The van der Waals surface area contributed by atoms with E-state index in [0.29, 0.717) is 11.5 Å². The van der Waals surface area contributed by atoms with E-state index in [4.69, 9.17) is 5.73 Å². The zero-order valence-corrected chi connectivity index (χ0v) is 10.4. The molecule has 0 aliphatic rings. The second-order valence-corrected chi connectivity index (χ2v) is 4.11. The van der Waals surface area contributed by atoms with Gasteiger partial charge in [-0.1, -0.05) is 0 Å². The fourth-order valence-corrected chi connectivity index (χ4v) is 1.21. The molecule has 0 saturated heterocycles. The molecule has 0 saturated carbocycles. The maximum absolute atomic E-state index is 11.7. The van der Waals surface area contributed by atoms with Gasteiger partial charge in [-0.15, -0.1) is 12.4 Å². The molecule has 2 rings (SSSR count). The fraction of sp³-hybridized carbons (Fsp3) is 0.300. The van der Waals surface area contributed by atoms with Crippen molar-refractivity contribution in [1.29, 1.82) is 0 Å². The van der Waals surface area contributed by atoms with Crippen molar-refractivity contribution >= 4 is 29.8 Å². The first kappa shape index (κ1) is 13.4. The van der Waals surface area contributed by atoms with E-state index in [1.165, 1.54) is 0 Å². The number of nitrogens with two attached hydrogens (primary N) is 1. The van der Waals surface area contributed by atoms with E-state index in [2.05, 4.69) is 15.4 Å². The molecule has 92 valence electrons. The SMILES string of the molecule is CC(C)(N)C(=O)Nc1ccnc2ccnn12.Cl. The van der Waals surface area contributed by atoms with Crippen molar-refractivity contribution in [2.24, 2.45) is 5.73 Å². The van der Waals surface area contributed by atoms with E-state index in [1.807, 2.05) is 0 Å². The average Bonchev–Trinajstić information content (AvgIpc) is 2.65. The first-order valence-electron chi connectivity index (χ1n) is 4.87. The van der Waals surface area contributed by atoms with Crippen LogP contribution in [0.4, 0.5) is 5.82 Å². The van der Waals surface area contributed by atoms with Crippen LogP contribution in [0.1, 0.15) is 13.8 Å². The summed E-state index contributed by atoms with van der Waals surface area (Å²) in [5.74, 6) is 0.286. The van der Waals surface area contributed by atoms with Gasteiger partial charge < -0.3 is 11.1 Å². The molecule has 0 aliphatic heterocycles. The highest BCUT2D eigenvalue weighted by molar-refractivity contribution is 5.96. The normalized spacial score (nSPS) is 11.0. The second-order valence-electron chi connectivity index (χ2n) is 4.11. The number of carbonyl (C=O) groups is 1. The van der Waals surface area contributed by atoms with Crippen LogP contribution in [0.25, 0.3) is 5.65 Å². The highest BCUT2D eigenvalue weighted by Crippen LogP contribution is 2.10. The Balaban J connectivity index is 0.00000144. The lowest BCUT2D eigenvalue weighted by molar-refractivity contribution is -0.120. The number of carbonyl (C=O) groups excluding carboxylic acids is 1. The predicted octanol–water partition coefficient (Wildman–Crippen LogP) is 0.827. The van der Waals surface area contributed by atoms with Crippen LogP contribution < -0.4 is 11.1 Å². The van der Waals surface area contributed by atoms with Crippen molar-refractivity contribution in [3.63, 3.8) is 0 Å². The summed E-state index contributed by atoms with van der Waals surface area (Å²) in [4.78, 5) is 15.8. The molecule has 6 nitrogen and oxygen atoms in total. The molecule has 0 fully saturated rings. The third kappa shape index (κ3) is 2.72. The van der Waals surface area contributed by atoms with Gasteiger partial charge in [0.25, 0.3) is 0 Å². The highest BCUT2D eigenvalue weighted by atomic mass is 35.5. The third-order valence-corrected chi connectivity index (χ3v) is 2.12. The van der Waals surface area contributed by atoms with Crippen LogP contribution in [0.5, 0.6) is 0 Å². The van der Waals surface area contributed by atoms with Crippen LogP contribution in [0.2, 0.25) is 0 Å². The molecule has 0 unspecified atom stereocenters. The molecule has 17 heavy (non-hydrogen) atoms. The van der Waals surface area contributed by atoms with E-state index < -0.39 is 5.54 Å². The standard InChI is InChI=1S/C10H13N5O.ClH/c1-10(2,11)9(16)14-8-3-5-12-7-4-6-13-15(7)8;/h3-6H,11H2,1-2H3,(H,14,16);1H. The van der Waals surface area contributed by atoms with Crippen molar-refractivity contribution in [3.05, 3.63) is 24.5 Å². The third-order valence-electron chi connectivity index (χ3n) is 2.12. The maximum Gasteiger partial charge on any atom is 0.245 e. The Morgan fingerprint density at radius 1 is 1.41 bits per heavy atom. The number of fused-ring (bicyclic) bond motifs is 1. The van der Waals surface area contributed by atoms with E-state index in [1.54, 1.807) is 42.9 Å². The molecule has 0 aromatic carbocycles. The molecule has 0 spiro atoms. The lowest BCUT2D eigenvalue weighted by Crippen LogP contribution is -2.45. The zero-order chi connectivity index (χ0) is 11.8. The number of hydrogen-bond acceptors (Lipinski definition) is 4. The van der Waals surface area contributed by atoms with Gasteiger partial charge in [0.2, 0.25) is 5.91 Å². The first-order chi connectivity index (χ1) is 7.48. The Kier molecular flexibility index (Phi) is 3.69. The Morgan fingerprint density at radius 3 is 2.76 bits per heavy atom. The van der Waals surface area contributed by atoms with Gasteiger partial charge in [-0.2, -0.15) is 9.61 Å². The number of aromatic nitrogens is 3. The monoisotopic (exact) mass is 255 g/mol. The largest absolute Gasteiger partial charge is 0.318 e. The smallest absolute Gasteiger partial charge is 0.245 e. The molecule has 1 amide bonds. The summed E-state index contributed by atoms with van der Waals surface area (Å²) in [5, 5.41) is 6.76. The van der Waals surface area contributed by atoms with E-state index in [9.17, 15) is 4.79 Å². The van der Waals surface area contributed by atoms with Crippen LogP contribution in [-0.4, -0.2) is 26.0 Å². The summed E-state index contributed by atoms with van der Waals surface area (Å²) in [6.07, 6.45) is 3.22. The number of nitrogens with one attached hydrogen (secondary N) is 1. The van der Waals surface area contributed by atoms with E-state index in [-0.39, 0.29) is 18.3 Å². The number of anilines is 1. The fourth-order valence-electron chi connectivity index (χ4n) is 1.21. The van der Waals surface area contributed by atoms with Gasteiger partial charge in [0.15, 0.2) is 5.65 Å². The number of rotatable bonds is 2. The molecular weight excluding hydrogens is 242 g/mol. The van der Waals surface area contributed by atoms with Gasteiger partial charge in [-0.3, -0.25) is 4.79 Å². The number of halogens is 1. The maximum atomic E-state index is 11.7. The second kappa shape index (κ2) is 4.68. The summed E-state index contributed by atoms with van der Waals surface area (Å²) < 4.78 is 1.55. The van der Waals surface area contributed by atoms with Gasteiger partial charge >= 0.3 is 0 Å². The molecule has 2 aromatic rings. The summed E-state index contributed by atoms with van der Waals surface area (Å²) in [6, 6.07) is 3.42. The molecular formula is C10H14ClN5O. The van der Waals surface area contributed by atoms with Crippen LogP contribution in [0, 0.1) is 0 Å². The zero-order valence-electron chi connectivity index (χ0n) is 9.54. The topological polar surface area (TPSA) is 85.3 Å². The van der Waals surface area contributed by atoms with Crippen LogP contribution in [0.15, 0.2) is 24.5 Å². The van der Waals surface area contributed by atoms with Crippen molar-refractivity contribution in [1.82, 2.24) is 14.6 Å². The molecule has 2 aromatic heterocycles. The van der Waals surface area contributed by atoms with Gasteiger partial charge in [-0.05, 0) is 19.9 Å². The first-order valence-corrected chi connectivity index (χ1v) is 4.87. The number of nitrogens with zero attached hydrogens (tertiary/aromatic N) is 3. The Morgan fingerprint density at radius 2 is 2.12 bits per heavy atom. The molecule has 7 heteroatoms.